The lowest BCUT2D eigenvalue weighted by molar-refractivity contribution is 0.0783. The van der Waals surface area contributed by atoms with Gasteiger partial charge in [-0.15, -0.1) is 10.2 Å². The summed E-state index contributed by atoms with van der Waals surface area (Å²) in [5.41, 5.74) is 8.97. The molecule has 10 nitrogen and oxygen atoms in total. The zero-order valence-electron chi connectivity index (χ0n) is 21.6. The largest absolute Gasteiger partial charge is 0.446 e. The molecule has 0 aliphatic rings. The average molecular weight is 513 g/mol. The molecule has 0 saturated heterocycles. The topological polar surface area (TPSA) is 137 Å². The zero-order valence-corrected chi connectivity index (χ0v) is 21.6. The van der Waals surface area contributed by atoms with Crippen molar-refractivity contribution in [3.05, 3.63) is 95.4 Å². The summed E-state index contributed by atoms with van der Waals surface area (Å²) < 4.78 is 17.0. The van der Waals surface area contributed by atoms with E-state index in [0.717, 1.165) is 5.56 Å². The molecule has 10 heteroatoms. The Kier molecular flexibility index (Phi) is 6.64. The predicted molar refractivity (Wildman–Crippen MR) is 139 cm³/mol. The van der Waals surface area contributed by atoms with Crippen molar-refractivity contribution in [1.82, 2.24) is 25.1 Å². The van der Waals surface area contributed by atoms with Crippen LogP contribution in [0.3, 0.4) is 0 Å². The fourth-order valence-corrected chi connectivity index (χ4v) is 4.27. The molecule has 2 N–H and O–H groups in total. The molecule has 0 fully saturated rings. The second-order valence-corrected chi connectivity index (χ2v) is 9.53. The maximum Gasteiger partial charge on any atom is 0.253 e. The van der Waals surface area contributed by atoms with Crippen molar-refractivity contribution >= 4 is 5.91 Å². The molecule has 0 unspecified atom stereocenters. The Labute approximate surface area is 219 Å². The van der Waals surface area contributed by atoms with Crippen LogP contribution in [0.15, 0.2) is 74.2 Å². The molecule has 38 heavy (non-hydrogen) atoms. The molecule has 0 bridgehead atoms. The van der Waals surface area contributed by atoms with Gasteiger partial charge in [0.05, 0.1) is 18.3 Å². The molecular weight excluding hydrogens is 484 g/mol. The molecule has 0 aliphatic heterocycles. The van der Waals surface area contributed by atoms with E-state index in [-0.39, 0.29) is 18.3 Å². The molecule has 0 saturated carbocycles. The minimum Gasteiger partial charge on any atom is -0.446 e. The van der Waals surface area contributed by atoms with E-state index in [9.17, 15) is 4.79 Å². The lowest BCUT2D eigenvalue weighted by Gasteiger charge is -2.20. The normalized spacial score (nSPS) is 12.9. The van der Waals surface area contributed by atoms with E-state index >= 15 is 0 Å². The molecule has 5 rings (SSSR count). The van der Waals surface area contributed by atoms with Gasteiger partial charge in [-0.25, -0.2) is 9.97 Å². The molecule has 3 heterocycles. The average Bonchev–Trinajstić information content (AvgIpc) is 3.66. The van der Waals surface area contributed by atoms with E-state index in [1.54, 1.807) is 43.3 Å². The number of nitrogens with zero attached hydrogens (tertiary/aromatic N) is 5. The van der Waals surface area contributed by atoms with Crippen LogP contribution in [0.2, 0.25) is 0 Å². The highest BCUT2D eigenvalue weighted by molar-refractivity contribution is 5.96. The van der Waals surface area contributed by atoms with Gasteiger partial charge in [0.15, 0.2) is 5.89 Å². The highest BCUT2D eigenvalue weighted by Crippen LogP contribution is 2.30. The summed E-state index contributed by atoms with van der Waals surface area (Å²) >= 11 is 0. The van der Waals surface area contributed by atoms with E-state index in [1.807, 2.05) is 44.2 Å². The van der Waals surface area contributed by atoms with Gasteiger partial charge >= 0.3 is 0 Å². The van der Waals surface area contributed by atoms with Gasteiger partial charge in [-0.3, -0.25) is 4.79 Å². The molecule has 3 aromatic heterocycles. The number of benzene rings is 2. The van der Waals surface area contributed by atoms with Crippen LogP contribution in [0.5, 0.6) is 0 Å². The van der Waals surface area contributed by atoms with Crippen molar-refractivity contribution in [3.8, 4) is 22.9 Å². The summed E-state index contributed by atoms with van der Waals surface area (Å²) in [7, 11) is 1.71. The Bertz CT molecular complexity index is 1550. The molecule has 0 aliphatic carbocycles. The minimum atomic E-state index is -0.890. The van der Waals surface area contributed by atoms with Crippen molar-refractivity contribution in [2.75, 3.05) is 7.05 Å². The molecule has 0 spiro atoms. The fraction of sp³-hybridized carbons (Fsp3) is 0.250. The number of nitrogens with two attached hydrogens (primary N) is 1. The molecule has 1 amide bonds. The second kappa shape index (κ2) is 10.1. The fourth-order valence-electron chi connectivity index (χ4n) is 4.27. The Morgan fingerprint density at radius 1 is 1.03 bits per heavy atom. The van der Waals surface area contributed by atoms with E-state index in [4.69, 9.17) is 19.0 Å². The van der Waals surface area contributed by atoms with Gasteiger partial charge in [0.25, 0.3) is 5.91 Å². The molecule has 2 aromatic carbocycles. The Morgan fingerprint density at radius 3 is 2.42 bits per heavy atom. The van der Waals surface area contributed by atoms with E-state index in [1.165, 1.54) is 6.26 Å². The van der Waals surface area contributed by atoms with Crippen LogP contribution in [-0.4, -0.2) is 38.0 Å². The summed E-state index contributed by atoms with van der Waals surface area (Å²) in [5, 5.41) is 8.48. The van der Waals surface area contributed by atoms with Gasteiger partial charge in [-0.1, -0.05) is 30.3 Å². The smallest absolute Gasteiger partial charge is 0.253 e. The van der Waals surface area contributed by atoms with Crippen LogP contribution in [-0.2, 0) is 18.5 Å². The van der Waals surface area contributed by atoms with Gasteiger partial charge in [-0.2, -0.15) is 0 Å². The molecular formula is C28H28N6O4. The van der Waals surface area contributed by atoms with Crippen molar-refractivity contribution in [3.63, 3.8) is 0 Å². The number of hydrogen-bond donors (Lipinski definition) is 1. The number of amides is 1. The first kappa shape index (κ1) is 25.1. The summed E-state index contributed by atoms with van der Waals surface area (Å²) in [6.45, 7) is 5.73. The van der Waals surface area contributed by atoms with E-state index < -0.39 is 5.54 Å². The van der Waals surface area contributed by atoms with Crippen LogP contribution in [0.25, 0.3) is 22.9 Å². The van der Waals surface area contributed by atoms with Crippen LogP contribution < -0.4 is 5.73 Å². The summed E-state index contributed by atoms with van der Waals surface area (Å²) in [4.78, 5) is 23.7. The quantitative estimate of drug-likeness (QED) is 0.314. The highest BCUT2D eigenvalue weighted by Gasteiger charge is 2.29. The van der Waals surface area contributed by atoms with Crippen molar-refractivity contribution in [2.24, 2.45) is 5.73 Å². The number of aryl methyl sites for hydroxylation is 2. The SMILES string of the molecule is Cc1nc(CN(C)C(=O)c2cc(-c3ncco3)cc(-c3nnc([C@](C)(N)Cc4ccccc4)o3)c2)c(C)o1. The number of oxazole rings is 2. The standard InChI is InChI=1S/C28H28N6O4/c1-17-23(31-18(2)37-17)16-34(4)26(35)22-13-20(24-30-10-11-36-24)12-21(14-22)25-32-33-27(38-25)28(3,29)15-19-8-6-5-7-9-19/h5-14H,15-16,29H2,1-4H3/t28-/m1/s1. The maximum atomic E-state index is 13.5. The predicted octanol–water partition coefficient (Wildman–Crippen LogP) is 4.69. The van der Waals surface area contributed by atoms with Gasteiger partial charge in [-0.05, 0) is 44.0 Å². The number of carbonyl (C=O) groups excluding carboxylic acids is 1. The first-order chi connectivity index (χ1) is 18.2. The third-order valence-electron chi connectivity index (χ3n) is 6.17. The lowest BCUT2D eigenvalue weighted by atomic mass is 9.94. The first-order valence-electron chi connectivity index (χ1n) is 12.1. The van der Waals surface area contributed by atoms with Crippen molar-refractivity contribution in [1.29, 1.82) is 0 Å². The van der Waals surface area contributed by atoms with Gasteiger partial charge in [0, 0.05) is 30.7 Å². The van der Waals surface area contributed by atoms with E-state index in [2.05, 4.69) is 20.2 Å². The maximum absolute atomic E-state index is 13.5. The molecule has 1 atom stereocenters. The Hall–Kier alpha value is -4.57. The highest BCUT2D eigenvalue weighted by atomic mass is 16.4. The summed E-state index contributed by atoms with van der Waals surface area (Å²) in [5.74, 6) is 1.89. The zero-order chi connectivity index (χ0) is 26.9. The molecule has 5 aromatic rings. The number of aromatic nitrogens is 4. The van der Waals surface area contributed by atoms with Crippen molar-refractivity contribution in [2.45, 2.75) is 39.3 Å². The van der Waals surface area contributed by atoms with Crippen molar-refractivity contribution < 1.29 is 18.0 Å². The van der Waals surface area contributed by atoms with Crippen LogP contribution in [0, 0.1) is 13.8 Å². The summed E-state index contributed by atoms with van der Waals surface area (Å²) in [6, 6.07) is 15.1. The second-order valence-electron chi connectivity index (χ2n) is 9.53. The third kappa shape index (κ3) is 5.25. The molecule has 194 valence electrons. The van der Waals surface area contributed by atoms with Gasteiger partial charge < -0.3 is 23.9 Å². The Morgan fingerprint density at radius 2 is 1.76 bits per heavy atom. The Balaban J connectivity index is 1.47. The number of carbonyl (C=O) groups is 1. The third-order valence-corrected chi connectivity index (χ3v) is 6.17. The van der Waals surface area contributed by atoms with Gasteiger partial charge in [0.1, 0.15) is 17.7 Å². The van der Waals surface area contributed by atoms with Crippen LogP contribution in [0.4, 0.5) is 0 Å². The summed E-state index contributed by atoms with van der Waals surface area (Å²) in [6.07, 6.45) is 3.53. The van der Waals surface area contributed by atoms with Crippen LogP contribution >= 0.6 is 0 Å². The minimum absolute atomic E-state index is 0.229. The number of rotatable bonds is 8. The number of hydrogen-bond acceptors (Lipinski definition) is 9. The molecule has 0 radical (unpaired) electrons. The first-order valence-corrected chi connectivity index (χ1v) is 12.1. The van der Waals surface area contributed by atoms with E-state index in [0.29, 0.717) is 52.2 Å². The van der Waals surface area contributed by atoms with Gasteiger partial charge in [0.2, 0.25) is 17.7 Å². The monoisotopic (exact) mass is 512 g/mol. The van der Waals surface area contributed by atoms with Crippen LogP contribution in [0.1, 0.15) is 46.1 Å². The lowest BCUT2D eigenvalue weighted by Crippen LogP contribution is -2.35.